The van der Waals surface area contributed by atoms with Crippen LogP contribution in [0.4, 0.5) is 11.4 Å². The Morgan fingerprint density at radius 1 is 0.889 bits per heavy atom. The quantitative estimate of drug-likeness (QED) is 0.417. The standard InChI is InChI=1S/C30H35N3O3/c1-3-4-21-36-28-15-9-24(10-16-28)30(35)31-26-11-13-27(14-12-26)32-17-19-33(20-18-32)29(34)22-25-8-6-5-7-23(25)2/h5-16H,3-4,17-22H2,1-2H3,(H,31,35). The Labute approximate surface area is 213 Å². The molecule has 1 saturated heterocycles. The second-order valence-corrected chi connectivity index (χ2v) is 9.20. The van der Waals surface area contributed by atoms with Crippen LogP contribution in [0.2, 0.25) is 0 Å². The molecule has 0 atom stereocenters. The van der Waals surface area contributed by atoms with Gasteiger partial charge in [-0.1, -0.05) is 37.6 Å². The van der Waals surface area contributed by atoms with Gasteiger partial charge in [-0.3, -0.25) is 9.59 Å². The first-order chi connectivity index (χ1) is 17.5. The van der Waals surface area contributed by atoms with Crippen molar-refractivity contribution in [3.63, 3.8) is 0 Å². The Morgan fingerprint density at radius 3 is 2.25 bits per heavy atom. The highest BCUT2D eigenvalue weighted by molar-refractivity contribution is 6.04. The molecule has 0 aromatic heterocycles. The fourth-order valence-corrected chi connectivity index (χ4v) is 4.29. The van der Waals surface area contributed by atoms with E-state index in [-0.39, 0.29) is 11.8 Å². The Kier molecular flexibility index (Phi) is 8.61. The average Bonchev–Trinajstić information content (AvgIpc) is 2.91. The second kappa shape index (κ2) is 12.2. The van der Waals surface area contributed by atoms with Crippen molar-refractivity contribution in [1.29, 1.82) is 0 Å². The number of nitrogens with one attached hydrogen (secondary N) is 1. The molecule has 0 aliphatic carbocycles. The summed E-state index contributed by atoms with van der Waals surface area (Å²) in [7, 11) is 0. The number of anilines is 2. The number of aryl methyl sites for hydroxylation is 1. The van der Waals surface area contributed by atoms with Gasteiger partial charge in [0.15, 0.2) is 0 Å². The van der Waals surface area contributed by atoms with Crippen LogP contribution in [0.3, 0.4) is 0 Å². The molecule has 0 bridgehead atoms. The number of piperazine rings is 1. The van der Waals surface area contributed by atoms with Crippen molar-refractivity contribution in [2.45, 2.75) is 33.1 Å². The largest absolute Gasteiger partial charge is 0.494 e. The van der Waals surface area contributed by atoms with Gasteiger partial charge in [0, 0.05) is 43.1 Å². The van der Waals surface area contributed by atoms with E-state index in [1.165, 1.54) is 0 Å². The molecule has 4 rings (SSSR count). The maximum Gasteiger partial charge on any atom is 0.255 e. The van der Waals surface area contributed by atoms with E-state index < -0.39 is 0 Å². The number of hydrogen-bond donors (Lipinski definition) is 1. The van der Waals surface area contributed by atoms with Gasteiger partial charge in [0.2, 0.25) is 5.91 Å². The predicted octanol–water partition coefficient (Wildman–Crippen LogP) is 5.32. The molecule has 1 aliphatic heterocycles. The van der Waals surface area contributed by atoms with Crippen molar-refractivity contribution in [3.8, 4) is 5.75 Å². The van der Waals surface area contributed by atoms with Crippen LogP contribution in [0, 0.1) is 6.92 Å². The Balaban J connectivity index is 1.26. The van der Waals surface area contributed by atoms with Gasteiger partial charge in [-0.05, 0) is 73.0 Å². The molecular formula is C30H35N3O3. The van der Waals surface area contributed by atoms with E-state index in [4.69, 9.17) is 4.74 Å². The van der Waals surface area contributed by atoms with Crippen LogP contribution in [-0.4, -0.2) is 49.5 Å². The summed E-state index contributed by atoms with van der Waals surface area (Å²) >= 11 is 0. The van der Waals surface area contributed by atoms with Gasteiger partial charge in [0.25, 0.3) is 5.91 Å². The van der Waals surface area contributed by atoms with Gasteiger partial charge in [-0.2, -0.15) is 0 Å². The lowest BCUT2D eigenvalue weighted by Gasteiger charge is -2.36. The van der Waals surface area contributed by atoms with Gasteiger partial charge in [-0.25, -0.2) is 0 Å². The molecule has 6 heteroatoms. The zero-order valence-corrected chi connectivity index (χ0v) is 21.2. The predicted molar refractivity (Wildman–Crippen MR) is 145 cm³/mol. The number of unbranched alkanes of at least 4 members (excludes halogenated alkanes) is 1. The smallest absolute Gasteiger partial charge is 0.255 e. The number of carbonyl (C=O) groups is 2. The minimum Gasteiger partial charge on any atom is -0.494 e. The highest BCUT2D eigenvalue weighted by Gasteiger charge is 2.21. The zero-order chi connectivity index (χ0) is 25.3. The van der Waals surface area contributed by atoms with Crippen LogP contribution in [0.25, 0.3) is 0 Å². The summed E-state index contributed by atoms with van der Waals surface area (Å²) < 4.78 is 5.66. The summed E-state index contributed by atoms with van der Waals surface area (Å²) in [5, 5.41) is 2.96. The topological polar surface area (TPSA) is 61.9 Å². The van der Waals surface area contributed by atoms with E-state index in [9.17, 15) is 9.59 Å². The Bertz CT molecular complexity index is 1150. The third-order valence-corrected chi connectivity index (χ3v) is 6.61. The summed E-state index contributed by atoms with van der Waals surface area (Å²) in [5.41, 5.74) is 4.68. The molecule has 1 N–H and O–H groups in total. The van der Waals surface area contributed by atoms with Gasteiger partial charge in [-0.15, -0.1) is 0 Å². The lowest BCUT2D eigenvalue weighted by atomic mass is 10.1. The molecule has 3 aromatic carbocycles. The van der Waals surface area contributed by atoms with Gasteiger partial charge >= 0.3 is 0 Å². The van der Waals surface area contributed by atoms with E-state index in [2.05, 4.69) is 17.1 Å². The molecule has 1 aliphatic rings. The van der Waals surface area contributed by atoms with Crippen LogP contribution >= 0.6 is 0 Å². The Hall–Kier alpha value is -3.80. The van der Waals surface area contributed by atoms with Crippen molar-refractivity contribution in [3.05, 3.63) is 89.5 Å². The minimum absolute atomic E-state index is 0.149. The molecule has 6 nitrogen and oxygen atoms in total. The SMILES string of the molecule is CCCCOc1ccc(C(=O)Nc2ccc(N3CCN(C(=O)Cc4ccccc4C)CC3)cc2)cc1. The first kappa shape index (κ1) is 25.3. The van der Waals surface area contributed by atoms with E-state index >= 15 is 0 Å². The highest BCUT2D eigenvalue weighted by Crippen LogP contribution is 2.21. The lowest BCUT2D eigenvalue weighted by molar-refractivity contribution is -0.130. The van der Waals surface area contributed by atoms with Crippen LogP contribution in [0.5, 0.6) is 5.75 Å². The third kappa shape index (κ3) is 6.66. The van der Waals surface area contributed by atoms with Crippen LogP contribution in [-0.2, 0) is 11.2 Å². The lowest BCUT2D eigenvalue weighted by Crippen LogP contribution is -2.49. The average molecular weight is 486 g/mol. The number of nitrogens with zero attached hydrogens (tertiary/aromatic N) is 2. The molecule has 3 aromatic rings. The van der Waals surface area contributed by atoms with E-state index in [1.807, 2.05) is 72.5 Å². The third-order valence-electron chi connectivity index (χ3n) is 6.61. The fraction of sp³-hybridized carbons (Fsp3) is 0.333. The summed E-state index contributed by atoms with van der Waals surface area (Å²) in [6, 6.07) is 23.2. The number of hydrogen-bond acceptors (Lipinski definition) is 4. The molecule has 0 radical (unpaired) electrons. The molecular weight excluding hydrogens is 450 g/mol. The molecule has 36 heavy (non-hydrogen) atoms. The molecule has 1 heterocycles. The van der Waals surface area contributed by atoms with E-state index in [0.717, 1.165) is 54.2 Å². The minimum atomic E-state index is -0.149. The Morgan fingerprint density at radius 2 is 1.58 bits per heavy atom. The maximum atomic E-state index is 12.8. The first-order valence-electron chi connectivity index (χ1n) is 12.7. The van der Waals surface area contributed by atoms with Gasteiger partial charge < -0.3 is 19.9 Å². The molecule has 0 spiro atoms. The van der Waals surface area contributed by atoms with Crippen LogP contribution in [0.1, 0.15) is 41.3 Å². The summed E-state index contributed by atoms with van der Waals surface area (Å²) in [6.07, 6.45) is 2.55. The number of amides is 2. The van der Waals surface area contributed by atoms with Crippen LogP contribution in [0.15, 0.2) is 72.8 Å². The van der Waals surface area contributed by atoms with Crippen molar-refractivity contribution < 1.29 is 14.3 Å². The number of ether oxygens (including phenoxy) is 1. The maximum absolute atomic E-state index is 12.8. The molecule has 1 fully saturated rings. The molecule has 0 saturated carbocycles. The van der Waals surface area contributed by atoms with E-state index in [1.54, 1.807) is 12.1 Å². The zero-order valence-electron chi connectivity index (χ0n) is 21.2. The van der Waals surface area contributed by atoms with Crippen molar-refractivity contribution >= 4 is 23.2 Å². The number of carbonyl (C=O) groups excluding carboxylic acids is 2. The molecule has 2 amide bonds. The van der Waals surface area contributed by atoms with Crippen LogP contribution < -0.4 is 15.0 Å². The van der Waals surface area contributed by atoms with E-state index in [0.29, 0.717) is 31.7 Å². The summed E-state index contributed by atoms with van der Waals surface area (Å²) in [4.78, 5) is 29.6. The van der Waals surface area contributed by atoms with Crippen molar-refractivity contribution in [2.24, 2.45) is 0 Å². The van der Waals surface area contributed by atoms with Crippen molar-refractivity contribution in [1.82, 2.24) is 4.90 Å². The molecule has 188 valence electrons. The monoisotopic (exact) mass is 485 g/mol. The normalized spacial score (nSPS) is 13.4. The highest BCUT2D eigenvalue weighted by atomic mass is 16.5. The summed E-state index contributed by atoms with van der Waals surface area (Å²) in [6.45, 7) is 7.86. The number of benzene rings is 3. The second-order valence-electron chi connectivity index (χ2n) is 9.20. The fourth-order valence-electron chi connectivity index (χ4n) is 4.29. The first-order valence-corrected chi connectivity index (χ1v) is 12.7. The van der Waals surface area contributed by atoms with Crippen molar-refractivity contribution in [2.75, 3.05) is 43.0 Å². The van der Waals surface area contributed by atoms with Gasteiger partial charge in [0.05, 0.1) is 13.0 Å². The number of rotatable bonds is 9. The molecule has 0 unspecified atom stereocenters. The van der Waals surface area contributed by atoms with Gasteiger partial charge in [0.1, 0.15) is 5.75 Å². The summed E-state index contributed by atoms with van der Waals surface area (Å²) in [5.74, 6) is 0.813.